The van der Waals surface area contributed by atoms with Crippen LogP contribution < -0.4 is 5.73 Å². The summed E-state index contributed by atoms with van der Waals surface area (Å²) in [4.78, 5) is 18.2. The Morgan fingerprint density at radius 2 is 2.11 bits per heavy atom. The monoisotopic (exact) mass is 263 g/mol. The van der Waals surface area contributed by atoms with E-state index in [1.54, 1.807) is 17.0 Å². The third-order valence-corrected chi connectivity index (χ3v) is 3.65. The maximum atomic E-state index is 12.5. The number of nitrogens with zero attached hydrogens (tertiary/aromatic N) is 2. The Hall–Kier alpha value is -1.62. The van der Waals surface area contributed by atoms with E-state index < -0.39 is 0 Å². The average molecular weight is 263 g/mol. The first-order valence-electron chi connectivity index (χ1n) is 6.85. The van der Waals surface area contributed by atoms with Gasteiger partial charge in [0, 0.05) is 18.8 Å². The van der Waals surface area contributed by atoms with Crippen LogP contribution in [0.15, 0.2) is 18.3 Å². The molecule has 5 nitrogen and oxygen atoms in total. The number of nitrogen functional groups attached to an aromatic ring is 1. The van der Waals surface area contributed by atoms with Crippen LogP contribution in [0.3, 0.4) is 0 Å². The summed E-state index contributed by atoms with van der Waals surface area (Å²) >= 11 is 0. The van der Waals surface area contributed by atoms with Crippen LogP contribution in [-0.4, -0.2) is 40.1 Å². The maximum Gasteiger partial charge on any atom is 0.255 e. The predicted octanol–water partition coefficient (Wildman–Crippen LogP) is 1.43. The molecule has 0 atom stereocenters. The predicted molar refractivity (Wildman–Crippen MR) is 73.6 cm³/mol. The van der Waals surface area contributed by atoms with Crippen LogP contribution in [0.1, 0.15) is 42.5 Å². The topological polar surface area (TPSA) is 79.5 Å². The second-order valence-corrected chi connectivity index (χ2v) is 4.99. The number of aliphatic hydroxyl groups is 1. The average Bonchev–Trinajstić information content (AvgIpc) is 2.46. The minimum absolute atomic E-state index is 0.00928. The van der Waals surface area contributed by atoms with E-state index in [9.17, 15) is 9.90 Å². The molecule has 1 amide bonds. The van der Waals surface area contributed by atoms with Crippen molar-refractivity contribution in [3.05, 3.63) is 23.9 Å². The molecule has 1 aromatic rings. The SMILES string of the molecule is Nc1ccc(C(=O)N(CCO)C2CCCCC2)cn1. The smallest absolute Gasteiger partial charge is 0.255 e. The number of carbonyl (C=O) groups excluding carboxylic acids is 1. The Morgan fingerprint density at radius 1 is 1.37 bits per heavy atom. The van der Waals surface area contributed by atoms with E-state index in [0.29, 0.717) is 17.9 Å². The summed E-state index contributed by atoms with van der Waals surface area (Å²) in [5.74, 6) is 0.344. The van der Waals surface area contributed by atoms with E-state index in [1.807, 2.05) is 0 Å². The van der Waals surface area contributed by atoms with Gasteiger partial charge in [-0.2, -0.15) is 0 Å². The van der Waals surface area contributed by atoms with Crippen molar-refractivity contribution in [3.63, 3.8) is 0 Å². The molecule has 5 heteroatoms. The molecule has 1 aliphatic rings. The molecule has 2 rings (SSSR count). The Balaban J connectivity index is 2.13. The highest BCUT2D eigenvalue weighted by molar-refractivity contribution is 5.94. The van der Waals surface area contributed by atoms with Gasteiger partial charge >= 0.3 is 0 Å². The molecule has 0 saturated heterocycles. The normalized spacial score (nSPS) is 16.3. The Kier molecular flexibility index (Phi) is 4.74. The lowest BCUT2D eigenvalue weighted by atomic mass is 9.93. The molecule has 0 bridgehead atoms. The number of nitrogens with two attached hydrogens (primary N) is 1. The minimum atomic E-state index is -0.0616. The van der Waals surface area contributed by atoms with Crippen LogP contribution in [-0.2, 0) is 0 Å². The van der Waals surface area contributed by atoms with Crippen molar-refractivity contribution in [2.24, 2.45) is 0 Å². The zero-order valence-corrected chi connectivity index (χ0v) is 11.1. The van der Waals surface area contributed by atoms with Crippen LogP contribution in [0.5, 0.6) is 0 Å². The highest BCUT2D eigenvalue weighted by Crippen LogP contribution is 2.23. The number of anilines is 1. The number of hydrogen-bond donors (Lipinski definition) is 2. The van der Waals surface area contributed by atoms with Crippen molar-refractivity contribution in [2.75, 3.05) is 18.9 Å². The van der Waals surface area contributed by atoms with Gasteiger partial charge in [-0.1, -0.05) is 19.3 Å². The number of hydrogen-bond acceptors (Lipinski definition) is 4. The molecule has 1 aliphatic carbocycles. The van der Waals surface area contributed by atoms with Crippen molar-refractivity contribution < 1.29 is 9.90 Å². The third-order valence-electron chi connectivity index (χ3n) is 3.65. The Morgan fingerprint density at radius 3 is 2.68 bits per heavy atom. The molecule has 0 aliphatic heterocycles. The first-order valence-corrected chi connectivity index (χ1v) is 6.85. The molecule has 1 aromatic heterocycles. The summed E-state index contributed by atoms with van der Waals surface area (Å²) in [7, 11) is 0. The van der Waals surface area contributed by atoms with E-state index >= 15 is 0 Å². The van der Waals surface area contributed by atoms with Gasteiger partial charge in [-0.05, 0) is 25.0 Å². The lowest BCUT2D eigenvalue weighted by Gasteiger charge is -2.34. The van der Waals surface area contributed by atoms with Gasteiger partial charge in [-0.15, -0.1) is 0 Å². The quantitative estimate of drug-likeness (QED) is 0.861. The molecule has 104 valence electrons. The largest absolute Gasteiger partial charge is 0.395 e. The molecule has 1 saturated carbocycles. The standard InChI is InChI=1S/C14H21N3O2/c15-13-7-6-11(10-16-13)14(19)17(8-9-18)12-4-2-1-3-5-12/h6-7,10,12,18H,1-5,8-9H2,(H2,15,16). The summed E-state index contributed by atoms with van der Waals surface area (Å²) in [5.41, 5.74) is 6.06. The molecule has 0 aromatic carbocycles. The lowest BCUT2D eigenvalue weighted by Crippen LogP contribution is -2.43. The summed E-state index contributed by atoms with van der Waals surface area (Å²) in [5, 5.41) is 9.18. The molecule has 0 unspecified atom stereocenters. The molecular formula is C14H21N3O2. The molecule has 19 heavy (non-hydrogen) atoms. The fraction of sp³-hybridized carbons (Fsp3) is 0.571. The van der Waals surface area contributed by atoms with E-state index in [4.69, 9.17) is 5.73 Å². The van der Waals surface area contributed by atoms with Gasteiger partial charge in [-0.3, -0.25) is 4.79 Å². The second-order valence-electron chi connectivity index (χ2n) is 4.99. The van der Waals surface area contributed by atoms with Crippen molar-refractivity contribution in [1.29, 1.82) is 0 Å². The van der Waals surface area contributed by atoms with Gasteiger partial charge in [0.15, 0.2) is 0 Å². The third kappa shape index (κ3) is 3.44. The highest BCUT2D eigenvalue weighted by atomic mass is 16.3. The first kappa shape index (κ1) is 13.8. The Labute approximate surface area is 113 Å². The zero-order valence-electron chi connectivity index (χ0n) is 11.1. The summed E-state index contributed by atoms with van der Waals surface area (Å²) in [6.07, 6.45) is 7.09. The number of amides is 1. The Bertz CT molecular complexity index is 413. The van der Waals surface area contributed by atoms with E-state index in [2.05, 4.69) is 4.98 Å². The summed E-state index contributed by atoms with van der Waals surface area (Å²) < 4.78 is 0. The fourth-order valence-corrected chi connectivity index (χ4v) is 2.65. The molecule has 1 heterocycles. The molecule has 3 N–H and O–H groups in total. The minimum Gasteiger partial charge on any atom is -0.395 e. The summed E-state index contributed by atoms with van der Waals surface area (Å²) in [6.45, 7) is 0.374. The number of aliphatic hydroxyl groups excluding tert-OH is 1. The van der Waals surface area contributed by atoms with Crippen molar-refractivity contribution in [3.8, 4) is 0 Å². The maximum absolute atomic E-state index is 12.5. The number of pyridine rings is 1. The van der Waals surface area contributed by atoms with Crippen LogP contribution in [0, 0.1) is 0 Å². The van der Waals surface area contributed by atoms with E-state index in [0.717, 1.165) is 25.7 Å². The van der Waals surface area contributed by atoms with E-state index in [1.165, 1.54) is 12.6 Å². The van der Waals surface area contributed by atoms with Crippen molar-refractivity contribution in [1.82, 2.24) is 9.88 Å². The van der Waals surface area contributed by atoms with Gasteiger partial charge in [0.1, 0.15) is 5.82 Å². The van der Waals surface area contributed by atoms with Crippen LogP contribution in [0.2, 0.25) is 0 Å². The summed E-state index contributed by atoms with van der Waals surface area (Å²) in [6, 6.07) is 3.56. The number of rotatable bonds is 4. The highest BCUT2D eigenvalue weighted by Gasteiger charge is 2.25. The lowest BCUT2D eigenvalue weighted by molar-refractivity contribution is 0.0585. The van der Waals surface area contributed by atoms with Crippen LogP contribution in [0.25, 0.3) is 0 Å². The van der Waals surface area contributed by atoms with Gasteiger partial charge in [0.2, 0.25) is 0 Å². The molecule has 0 radical (unpaired) electrons. The van der Waals surface area contributed by atoms with Gasteiger partial charge in [0.05, 0.1) is 12.2 Å². The molecular weight excluding hydrogens is 242 g/mol. The van der Waals surface area contributed by atoms with E-state index in [-0.39, 0.29) is 18.6 Å². The van der Waals surface area contributed by atoms with Crippen molar-refractivity contribution in [2.45, 2.75) is 38.1 Å². The molecule has 1 fully saturated rings. The number of aromatic nitrogens is 1. The van der Waals surface area contributed by atoms with Crippen molar-refractivity contribution >= 4 is 11.7 Å². The van der Waals surface area contributed by atoms with Gasteiger partial charge in [0.25, 0.3) is 5.91 Å². The second kappa shape index (κ2) is 6.52. The zero-order chi connectivity index (χ0) is 13.7. The number of carbonyl (C=O) groups is 1. The van der Waals surface area contributed by atoms with Crippen LogP contribution >= 0.6 is 0 Å². The van der Waals surface area contributed by atoms with Crippen LogP contribution in [0.4, 0.5) is 5.82 Å². The fourth-order valence-electron chi connectivity index (χ4n) is 2.65. The van der Waals surface area contributed by atoms with Gasteiger partial charge in [-0.25, -0.2) is 4.98 Å². The van der Waals surface area contributed by atoms with Gasteiger partial charge < -0.3 is 15.7 Å². The first-order chi connectivity index (χ1) is 9.22. The molecule has 0 spiro atoms.